The first-order valence-electron chi connectivity index (χ1n) is 10.7. The van der Waals surface area contributed by atoms with Crippen LogP contribution in [0.25, 0.3) is 0 Å². The van der Waals surface area contributed by atoms with Gasteiger partial charge in [0.2, 0.25) is 23.2 Å². The lowest BCUT2D eigenvalue weighted by Crippen LogP contribution is -2.71. The summed E-state index contributed by atoms with van der Waals surface area (Å²) in [5, 5.41) is 16.3. The summed E-state index contributed by atoms with van der Waals surface area (Å²) in [6.07, 6.45) is 0. The molecule has 1 unspecified atom stereocenters. The van der Waals surface area contributed by atoms with Gasteiger partial charge in [0.1, 0.15) is 23.7 Å². The van der Waals surface area contributed by atoms with Gasteiger partial charge >= 0.3 is 11.1 Å². The molecule has 0 saturated carbocycles. The third-order valence-corrected chi connectivity index (χ3v) is 8.26. The summed E-state index contributed by atoms with van der Waals surface area (Å²) in [7, 11) is 1.72. The zero-order chi connectivity index (χ0) is 26.9. The van der Waals surface area contributed by atoms with Gasteiger partial charge in [0, 0.05) is 23.0 Å². The van der Waals surface area contributed by atoms with Crippen LogP contribution in [-0.4, -0.2) is 77.4 Å². The van der Waals surface area contributed by atoms with Crippen LogP contribution in [0, 0.1) is 0 Å². The standard InChI is InChI=1S/C19H22N10O5S3/c1-3-34-26-10(13-25-18(22)37-27-13)14(30)24-11-15(31)29-12(17(32)33)7(5-35-16(11)29)6-36-19-23-8(20)4-9(21)28(19)2/h4,11,16H,3,5-6H2,1-2H3,(H7,20,21,22,24,25,27,30,32,33)/p+1/b26-10-/t11?,16-/m1/s1. The monoisotopic (exact) mass is 567 g/mol. The van der Waals surface area contributed by atoms with E-state index in [0.717, 1.165) is 11.5 Å². The van der Waals surface area contributed by atoms with E-state index in [-0.39, 0.29) is 40.5 Å². The molecule has 0 aliphatic carbocycles. The number of carbonyl (C=O) groups excluding carboxylic acids is 2. The minimum Gasteiger partial charge on any atom is -0.477 e. The minimum atomic E-state index is -1.25. The van der Waals surface area contributed by atoms with Crippen LogP contribution >= 0.6 is 35.1 Å². The van der Waals surface area contributed by atoms with E-state index in [4.69, 9.17) is 22.0 Å². The maximum atomic E-state index is 13.0. The van der Waals surface area contributed by atoms with Crippen molar-refractivity contribution in [2.45, 2.75) is 23.5 Å². The van der Waals surface area contributed by atoms with Crippen molar-refractivity contribution in [2.75, 3.05) is 35.3 Å². The summed E-state index contributed by atoms with van der Waals surface area (Å²) in [4.78, 5) is 52.4. The average molecular weight is 568 g/mol. The van der Waals surface area contributed by atoms with E-state index < -0.39 is 29.2 Å². The molecule has 4 rings (SSSR count). The van der Waals surface area contributed by atoms with Gasteiger partial charge in [0.05, 0.1) is 13.1 Å². The normalized spacial score (nSPS) is 19.4. The number of nitrogens with two attached hydrogens (primary N) is 3. The van der Waals surface area contributed by atoms with E-state index in [1.807, 2.05) is 0 Å². The molecule has 2 amide bonds. The van der Waals surface area contributed by atoms with Crippen LogP contribution in [-0.2, 0) is 26.3 Å². The highest BCUT2D eigenvalue weighted by Gasteiger charge is 2.54. The van der Waals surface area contributed by atoms with Gasteiger partial charge in [-0.3, -0.25) is 14.5 Å². The van der Waals surface area contributed by atoms with Crippen LogP contribution in [0.4, 0.5) is 16.8 Å². The number of carboxylic acid groups (broad SMARTS) is 1. The number of fused-ring (bicyclic) bond motifs is 1. The van der Waals surface area contributed by atoms with E-state index in [1.54, 1.807) is 18.5 Å². The molecule has 8 N–H and O–H groups in total. The van der Waals surface area contributed by atoms with Crippen molar-refractivity contribution in [3.8, 4) is 0 Å². The molecule has 37 heavy (non-hydrogen) atoms. The largest absolute Gasteiger partial charge is 0.477 e. The Hall–Kier alpha value is -3.64. The van der Waals surface area contributed by atoms with Gasteiger partial charge in [0.25, 0.3) is 11.8 Å². The van der Waals surface area contributed by atoms with Crippen molar-refractivity contribution in [3.05, 3.63) is 23.2 Å². The molecule has 0 radical (unpaired) electrons. The van der Waals surface area contributed by atoms with Crippen LogP contribution < -0.4 is 27.1 Å². The van der Waals surface area contributed by atoms with Crippen LogP contribution in [0.3, 0.4) is 0 Å². The number of oxime groups is 1. The topological polar surface area (TPSA) is 229 Å². The third kappa shape index (κ3) is 5.25. The number of carboxylic acids is 1. The number of anilines is 3. The molecule has 15 nitrogen and oxygen atoms in total. The second kappa shape index (κ2) is 10.8. The van der Waals surface area contributed by atoms with Gasteiger partial charge in [-0.25, -0.2) is 9.36 Å². The molecular weight excluding hydrogens is 544 g/mol. The lowest BCUT2D eigenvalue weighted by Gasteiger charge is -2.49. The number of β-lactam (4-membered cyclic amide) rings is 1. The van der Waals surface area contributed by atoms with Gasteiger partial charge in [-0.1, -0.05) is 10.1 Å². The predicted molar refractivity (Wildman–Crippen MR) is 137 cm³/mol. The highest BCUT2D eigenvalue weighted by atomic mass is 32.2. The first-order valence-corrected chi connectivity index (χ1v) is 13.5. The van der Waals surface area contributed by atoms with Crippen LogP contribution in [0.2, 0.25) is 0 Å². The summed E-state index contributed by atoms with van der Waals surface area (Å²) in [5.41, 5.74) is 17.5. The Bertz CT molecular complexity index is 1330. The molecule has 18 heteroatoms. The van der Waals surface area contributed by atoms with Crippen molar-refractivity contribution in [1.82, 2.24) is 24.6 Å². The Morgan fingerprint density at radius 1 is 1.38 bits per heavy atom. The molecule has 0 spiro atoms. The minimum absolute atomic E-state index is 0.0391. The Balaban J connectivity index is 1.51. The molecule has 196 valence electrons. The summed E-state index contributed by atoms with van der Waals surface area (Å²) < 4.78 is 5.61. The number of nitrogen functional groups attached to an aromatic ring is 3. The average Bonchev–Trinajstić information content (AvgIpc) is 3.28. The Kier molecular flexibility index (Phi) is 7.69. The summed E-state index contributed by atoms with van der Waals surface area (Å²) >= 11 is 3.46. The van der Waals surface area contributed by atoms with Crippen molar-refractivity contribution in [3.63, 3.8) is 0 Å². The number of amides is 2. The number of aromatic nitrogens is 4. The van der Waals surface area contributed by atoms with E-state index in [1.165, 1.54) is 34.5 Å². The molecule has 1 fully saturated rings. The first kappa shape index (κ1) is 26.4. The number of thioether (sulfide) groups is 2. The Morgan fingerprint density at radius 3 is 2.78 bits per heavy atom. The number of carbonyl (C=O) groups is 3. The molecule has 2 aromatic rings. The Morgan fingerprint density at radius 2 is 2.14 bits per heavy atom. The second-order valence-electron chi connectivity index (χ2n) is 7.67. The molecular formula is C19H23N10O5S3+. The van der Waals surface area contributed by atoms with Crippen LogP contribution in [0.5, 0.6) is 0 Å². The molecule has 2 aliphatic heterocycles. The second-order valence-corrected chi connectivity index (χ2v) is 10.5. The molecule has 0 aromatic carbocycles. The summed E-state index contributed by atoms with van der Waals surface area (Å²) in [6.45, 7) is 1.87. The van der Waals surface area contributed by atoms with Gasteiger partial charge < -0.3 is 32.5 Å². The Labute approximate surface area is 222 Å². The number of rotatable bonds is 9. The number of hydrogen-bond donors (Lipinski definition) is 5. The zero-order valence-electron chi connectivity index (χ0n) is 19.6. The van der Waals surface area contributed by atoms with E-state index in [9.17, 15) is 19.5 Å². The molecule has 1 saturated heterocycles. The van der Waals surface area contributed by atoms with Gasteiger partial charge in [-0.05, 0) is 24.3 Å². The van der Waals surface area contributed by atoms with E-state index >= 15 is 0 Å². The summed E-state index contributed by atoms with van der Waals surface area (Å²) in [6, 6.07) is 0.543. The molecule has 4 heterocycles. The lowest BCUT2D eigenvalue weighted by molar-refractivity contribution is -0.698. The van der Waals surface area contributed by atoms with Crippen LogP contribution in [0.15, 0.2) is 27.6 Å². The highest BCUT2D eigenvalue weighted by molar-refractivity contribution is 8.01. The maximum Gasteiger partial charge on any atom is 0.352 e. The van der Waals surface area contributed by atoms with E-state index in [2.05, 4.69) is 24.8 Å². The molecule has 0 bridgehead atoms. The highest BCUT2D eigenvalue weighted by Crippen LogP contribution is 2.41. The van der Waals surface area contributed by atoms with Gasteiger partial charge in [-0.15, -0.1) is 11.8 Å². The number of nitrogens with one attached hydrogen (secondary N) is 1. The lowest BCUT2D eigenvalue weighted by atomic mass is 10.0. The molecule has 2 atom stereocenters. The molecule has 2 aliphatic rings. The fourth-order valence-electron chi connectivity index (χ4n) is 3.51. The first-order chi connectivity index (χ1) is 17.6. The van der Waals surface area contributed by atoms with Crippen molar-refractivity contribution in [1.29, 1.82) is 0 Å². The quantitative estimate of drug-likeness (QED) is 0.0598. The SMILES string of the molecule is CCO/N=C(\C(=O)NC1C(=O)N2C(C(=O)O)=C(CSc3nc(N)cc(N)[n+]3C)CS[C@H]12)c1nsc(N)n1. The van der Waals surface area contributed by atoms with Crippen LogP contribution in [0.1, 0.15) is 12.7 Å². The number of nitrogens with zero attached hydrogens (tertiary/aromatic N) is 6. The fourth-order valence-corrected chi connectivity index (χ4v) is 6.43. The number of aliphatic carboxylic acids is 1. The van der Waals surface area contributed by atoms with E-state index in [0.29, 0.717) is 22.3 Å². The fraction of sp³-hybridized carbons (Fsp3) is 0.368. The van der Waals surface area contributed by atoms with Crippen molar-refractivity contribution in [2.24, 2.45) is 12.2 Å². The zero-order valence-corrected chi connectivity index (χ0v) is 22.0. The summed E-state index contributed by atoms with van der Waals surface area (Å²) in [5.74, 6) is -1.39. The van der Waals surface area contributed by atoms with Crippen molar-refractivity contribution >= 4 is 75.3 Å². The van der Waals surface area contributed by atoms with Gasteiger partial charge in [-0.2, -0.15) is 9.36 Å². The maximum absolute atomic E-state index is 13.0. The number of hydrogen-bond acceptors (Lipinski definition) is 14. The van der Waals surface area contributed by atoms with Crippen molar-refractivity contribution < 1.29 is 28.9 Å². The molecule has 2 aromatic heterocycles. The smallest absolute Gasteiger partial charge is 0.352 e. The third-order valence-electron chi connectivity index (χ3n) is 5.26. The van der Waals surface area contributed by atoms with Gasteiger partial charge in [0.15, 0.2) is 5.13 Å². The predicted octanol–water partition coefficient (Wildman–Crippen LogP) is -1.22.